The predicted octanol–water partition coefficient (Wildman–Crippen LogP) is 4.29. The fourth-order valence-corrected chi connectivity index (χ4v) is 6.35. The van der Waals surface area contributed by atoms with Gasteiger partial charge in [-0.3, -0.25) is 4.79 Å². The Balaban J connectivity index is 1.25. The molecular weight excluding hydrogens is 511 g/mol. The van der Waals surface area contributed by atoms with Crippen molar-refractivity contribution in [3.8, 4) is 5.75 Å². The van der Waals surface area contributed by atoms with Gasteiger partial charge in [0.25, 0.3) is 0 Å². The molecule has 2 fully saturated rings. The third kappa shape index (κ3) is 7.48. The molecule has 1 aliphatic carbocycles. The van der Waals surface area contributed by atoms with Gasteiger partial charge in [0.05, 0.1) is 18.1 Å². The number of nitrogens with zero attached hydrogens (tertiary/aromatic N) is 2. The van der Waals surface area contributed by atoms with Crippen molar-refractivity contribution in [1.82, 2.24) is 9.80 Å². The Bertz CT molecular complexity index is 1150. The van der Waals surface area contributed by atoms with Gasteiger partial charge in [-0.05, 0) is 82.1 Å². The number of likely N-dealkylation sites (tertiary alicyclic amines) is 1. The molecule has 0 radical (unpaired) electrons. The van der Waals surface area contributed by atoms with Crippen LogP contribution in [0.4, 0.5) is 9.18 Å². The third-order valence-corrected chi connectivity index (χ3v) is 9.07. The zero-order valence-electron chi connectivity index (χ0n) is 22.6. The average Bonchev–Trinajstić information content (AvgIpc) is 2.87. The first-order valence-corrected chi connectivity index (χ1v) is 15.3. The van der Waals surface area contributed by atoms with Gasteiger partial charge in [-0.15, -0.1) is 0 Å². The molecule has 10 heteroatoms. The van der Waals surface area contributed by atoms with Gasteiger partial charge in [0.15, 0.2) is 21.4 Å². The van der Waals surface area contributed by atoms with E-state index in [1.54, 1.807) is 15.9 Å². The van der Waals surface area contributed by atoms with E-state index in [0.29, 0.717) is 39.0 Å². The number of allylic oxidation sites excluding steroid dienone is 2. The molecule has 38 heavy (non-hydrogen) atoms. The number of sulfone groups is 1. The number of hydrogen-bond acceptors (Lipinski definition) is 6. The van der Waals surface area contributed by atoms with Crippen LogP contribution < -0.4 is 4.74 Å². The molecule has 2 heterocycles. The highest BCUT2D eigenvalue weighted by Crippen LogP contribution is 2.33. The van der Waals surface area contributed by atoms with Crippen molar-refractivity contribution >= 4 is 27.4 Å². The molecule has 8 nitrogen and oxygen atoms in total. The van der Waals surface area contributed by atoms with E-state index in [9.17, 15) is 22.4 Å². The molecule has 2 saturated heterocycles. The second kappa shape index (κ2) is 11.6. The highest BCUT2D eigenvalue weighted by molar-refractivity contribution is 7.91. The Morgan fingerprint density at radius 3 is 2.29 bits per heavy atom. The SMILES string of the molecule is CC(C)(C)OC(=O)N1CCC(COc2ccc(C3=CCC(C(=O)N4CCS(=O)(=O)CC4)CC3)cc2F)CC1. The summed E-state index contributed by atoms with van der Waals surface area (Å²) >= 11 is 0. The molecule has 0 N–H and O–H groups in total. The molecule has 2 amide bonds. The minimum atomic E-state index is -3.02. The van der Waals surface area contributed by atoms with Crippen LogP contribution in [0.3, 0.4) is 0 Å². The van der Waals surface area contributed by atoms with E-state index in [1.165, 1.54) is 6.07 Å². The lowest BCUT2D eigenvalue weighted by Gasteiger charge is -2.33. The molecular formula is C28H39FN2O6S. The van der Waals surface area contributed by atoms with E-state index < -0.39 is 21.3 Å². The molecule has 0 aromatic heterocycles. The normalized spacial score (nSPS) is 22.5. The Labute approximate surface area is 225 Å². The first-order valence-electron chi connectivity index (χ1n) is 13.5. The first-order chi connectivity index (χ1) is 17.9. The number of rotatable bonds is 5. The molecule has 3 aliphatic rings. The van der Waals surface area contributed by atoms with Crippen molar-refractivity contribution in [2.75, 3.05) is 44.3 Å². The summed E-state index contributed by atoms with van der Waals surface area (Å²) in [5.41, 5.74) is 1.28. The van der Waals surface area contributed by atoms with Crippen LogP contribution in [-0.2, 0) is 19.4 Å². The number of halogens is 1. The van der Waals surface area contributed by atoms with Gasteiger partial charge in [-0.25, -0.2) is 17.6 Å². The molecule has 1 unspecified atom stereocenters. The zero-order chi connectivity index (χ0) is 27.5. The fraction of sp³-hybridized carbons (Fsp3) is 0.643. The van der Waals surface area contributed by atoms with Crippen molar-refractivity contribution < 1.29 is 31.9 Å². The summed E-state index contributed by atoms with van der Waals surface area (Å²) in [5, 5.41) is 0. The van der Waals surface area contributed by atoms with Crippen LogP contribution in [0.5, 0.6) is 5.75 Å². The minimum Gasteiger partial charge on any atom is -0.490 e. The second-order valence-electron chi connectivity index (χ2n) is 11.5. The van der Waals surface area contributed by atoms with E-state index in [0.717, 1.165) is 24.0 Å². The largest absolute Gasteiger partial charge is 0.490 e. The summed E-state index contributed by atoms with van der Waals surface area (Å²) in [6.07, 6.45) is 5.15. The van der Waals surface area contributed by atoms with Crippen LogP contribution in [0.15, 0.2) is 24.3 Å². The van der Waals surface area contributed by atoms with Crippen LogP contribution in [0.2, 0.25) is 0 Å². The molecule has 1 atom stereocenters. The van der Waals surface area contributed by atoms with Crippen molar-refractivity contribution in [1.29, 1.82) is 0 Å². The highest BCUT2D eigenvalue weighted by atomic mass is 32.2. The maximum atomic E-state index is 14.9. The van der Waals surface area contributed by atoms with Gasteiger partial charge < -0.3 is 19.3 Å². The lowest BCUT2D eigenvalue weighted by Crippen LogP contribution is -2.46. The van der Waals surface area contributed by atoms with Crippen LogP contribution in [-0.4, -0.2) is 80.1 Å². The van der Waals surface area contributed by atoms with Gasteiger partial charge in [-0.1, -0.05) is 12.1 Å². The van der Waals surface area contributed by atoms with E-state index in [4.69, 9.17) is 9.47 Å². The summed E-state index contributed by atoms with van der Waals surface area (Å²) in [6.45, 7) is 7.67. The number of hydrogen-bond donors (Lipinski definition) is 0. The summed E-state index contributed by atoms with van der Waals surface area (Å²) in [5.74, 6) is -0.0360. The van der Waals surface area contributed by atoms with Crippen molar-refractivity contribution in [3.63, 3.8) is 0 Å². The number of carbonyl (C=O) groups is 2. The maximum Gasteiger partial charge on any atom is 0.410 e. The Kier molecular flexibility index (Phi) is 8.69. The van der Waals surface area contributed by atoms with Crippen LogP contribution in [0, 0.1) is 17.7 Å². The molecule has 1 aromatic carbocycles. The zero-order valence-corrected chi connectivity index (χ0v) is 23.4. The molecule has 1 aromatic rings. The monoisotopic (exact) mass is 550 g/mol. The van der Waals surface area contributed by atoms with E-state index in [2.05, 4.69) is 0 Å². The van der Waals surface area contributed by atoms with Gasteiger partial charge in [-0.2, -0.15) is 0 Å². The van der Waals surface area contributed by atoms with E-state index >= 15 is 0 Å². The molecule has 0 saturated carbocycles. The minimum absolute atomic E-state index is 0.0158. The standard InChI is InChI=1S/C28H39FN2O6S/c1-28(2,3)37-27(33)31-12-10-20(11-13-31)19-36-25-9-8-23(18-24(25)29)21-4-6-22(7-5-21)26(32)30-14-16-38(34,35)17-15-30/h4,8-9,18,20,22H,5-7,10-17,19H2,1-3H3. The Morgan fingerprint density at radius 2 is 1.71 bits per heavy atom. The van der Waals surface area contributed by atoms with Crippen LogP contribution in [0.25, 0.3) is 5.57 Å². The first kappa shape index (κ1) is 28.4. The molecule has 4 rings (SSSR count). The van der Waals surface area contributed by atoms with Gasteiger partial charge in [0, 0.05) is 32.1 Å². The predicted molar refractivity (Wildman–Crippen MR) is 143 cm³/mol. The van der Waals surface area contributed by atoms with Crippen molar-refractivity contribution in [3.05, 3.63) is 35.7 Å². The number of benzene rings is 1. The average molecular weight is 551 g/mol. The van der Waals surface area contributed by atoms with Crippen LogP contribution in [0.1, 0.15) is 58.4 Å². The lowest BCUT2D eigenvalue weighted by atomic mass is 9.85. The van der Waals surface area contributed by atoms with Gasteiger partial charge in [0.1, 0.15) is 5.60 Å². The third-order valence-electron chi connectivity index (χ3n) is 7.46. The lowest BCUT2D eigenvalue weighted by molar-refractivity contribution is -0.135. The quantitative estimate of drug-likeness (QED) is 0.543. The summed E-state index contributed by atoms with van der Waals surface area (Å²) < 4.78 is 49.4. The molecule has 0 bridgehead atoms. The fourth-order valence-electron chi connectivity index (χ4n) is 5.15. The molecule has 0 spiro atoms. The van der Waals surface area contributed by atoms with Gasteiger partial charge in [0.2, 0.25) is 5.91 Å². The number of piperidine rings is 1. The summed E-state index contributed by atoms with van der Waals surface area (Å²) in [7, 11) is -3.02. The number of carbonyl (C=O) groups excluding carboxylic acids is 2. The Morgan fingerprint density at radius 1 is 1.03 bits per heavy atom. The van der Waals surface area contributed by atoms with E-state index in [1.807, 2.05) is 32.9 Å². The smallest absolute Gasteiger partial charge is 0.410 e. The summed E-state index contributed by atoms with van der Waals surface area (Å²) in [6, 6.07) is 5.00. The number of amides is 2. The van der Waals surface area contributed by atoms with Gasteiger partial charge >= 0.3 is 6.09 Å². The summed E-state index contributed by atoms with van der Waals surface area (Å²) in [4.78, 5) is 28.4. The molecule has 210 valence electrons. The second-order valence-corrected chi connectivity index (χ2v) is 13.8. The topological polar surface area (TPSA) is 93.2 Å². The maximum absolute atomic E-state index is 14.9. The molecule has 2 aliphatic heterocycles. The Hall–Kier alpha value is -2.62. The van der Waals surface area contributed by atoms with Crippen molar-refractivity contribution in [2.24, 2.45) is 11.8 Å². The van der Waals surface area contributed by atoms with E-state index in [-0.39, 0.29) is 54.2 Å². The van der Waals surface area contributed by atoms with Crippen LogP contribution >= 0.6 is 0 Å². The highest BCUT2D eigenvalue weighted by Gasteiger charge is 2.31. The van der Waals surface area contributed by atoms with Crippen molar-refractivity contribution in [2.45, 2.75) is 58.5 Å². The number of ether oxygens (including phenoxy) is 2.